The maximum atomic E-state index is 10.9. The van der Waals surface area contributed by atoms with Gasteiger partial charge in [-0.15, -0.1) is 0 Å². The molecular weight excluding hydrogens is 260 g/mol. The average molecular weight is 273 g/mol. The minimum absolute atomic E-state index is 0.0175. The number of nitrogens with zero attached hydrogens (tertiary/aromatic N) is 4. The van der Waals surface area contributed by atoms with Crippen LogP contribution in [0.3, 0.4) is 0 Å². The first-order chi connectivity index (χ1) is 8.49. The Labute approximate surface area is 109 Å². The largest absolute Gasteiger partial charge is 0.393 e. The van der Waals surface area contributed by atoms with Gasteiger partial charge in [0.1, 0.15) is 6.20 Å². The zero-order chi connectivity index (χ0) is 13.3. The van der Waals surface area contributed by atoms with Crippen molar-refractivity contribution in [3.8, 4) is 0 Å². The van der Waals surface area contributed by atoms with Crippen molar-refractivity contribution >= 4 is 23.1 Å². The maximum Gasteiger partial charge on any atom is 0.329 e. The molecule has 0 radical (unpaired) electrons. The van der Waals surface area contributed by atoms with Gasteiger partial charge in [0.2, 0.25) is 11.1 Å². The van der Waals surface area contributed by atoms with Crippen LogP contribution in [0.2, 0.25) is 5.28 Å². The second-order valence-corrected chi connectivity index (χ2v) is 4.68. The fraction of sp³-hybridized carbons (Fsp3) is 0.600. The van der Waals surface area contributed by atoms with Crippen molar-refractivity contribution in [1.82, 2.24) is 9.97 Å². The normalized spacial score (nSPS) is 21.1. The quantitative estimate of drug-likeness (QED) is 0.506. The molecule has 0 bridgehead atoms. The molecular formula is C10H13ClN4O3. The van der Waals surface area contributed by atoms with E-state index in [2.05, 4.69) is 9.97 Å². The van der Waals surface area contributed by atoms with E-state index in [0.717, 1.165) is 12.6 Å². The molecule has 2 atom stereocenters. The molecule has 18 heavy (non-hydrogen) atoms. The summed E-state index contributed by atoms with van der Waals surface area (Å²) in [5.41, 5.74) is -0.161. The molecule has 1 N–H and O–H groups in total. The summed E-state index contributed by atoms with van der Waals surface area (Å²) < 4.78 is 0. The summed E-state index contributed by atoms with van der Waals surface area (Å²) >= 11 is 5.68. The molecule has 1 aliphatic rings. The Bertz CT molecular complexity index is 468. The minimum Gasteiger partial charge on any atom is -0.393 e. The Kier molecular flexibility index (Phi) is 3.63. The van der Waals surface area contributed by atoms with E-state index in [1.807, 2.05) is 0 Å². The molecule has 0 spiro atoms. The lowest BCUT2D eigenvalue weighted by Gasteiger charge is -2.18. The zero-order valence-electron chi connectivity index (χ0n) is 9.78. The Morgan fingerprint density at radius 2 is 2.44 bits per heavy atom. The fourth-order valence-corrected chi connectivity index (χ4v) is 2.21. The van der Waals surface area contributed by atoms with Crippen LogP contribution in [0.4, 0.5) is 11.5 Å². The van der Waals surface area contributed by atoms with Crippen LogP contribution in [0, 0.1) is 16.0 Å². The van der Waals surface area contributed by atoms with Gasteiger partial charge < -0.3 is 10.0 Å². The third kappa shape index (κ3) is 2.51. The lowest BCUT2D eigenvalue weighted by molar-refractivity contribution is -0.384. The van der Waals surface area contributed by atoms with E-state index >= 15 is 0 Å². The molecule has 0 saturated carbocycles. The van der Waals surface area contributed by atoms with Crippen LogP contribution < -0.4 is 4.90 Å². The van der Waals surface area contributed by atoms with Gasteiger partial charge in [0.15, 0.2) is 0 Å². The minimum atomic E-state index is -0.526. The first-order valence-corrected chi connectivity index (χ1v) is 5.96. The van der Waals surface area contributed by atoms with Crippen molar-refractivity contribution in [2.75, 3.05) is 18.0 Å². The molecule has 0 aliphatic carbocycles. The average Bonchev–Trinajstić information content (AvgIpc) is 2.77. The molecule has 7 nitrogen and oxygen atoms in total. The highest BCUT2D eigenvalue weighted by atomic mass is 35.5. The molecule has 1 saturated heterocycles. The van der Waals surface area contributed by atoms with Crippen molar-refractivity contribution in [1.29, 1.82) is 0 Å². The van der Waals surface area contributed by atoms with Crippen LogP contribution >= 0.6 is 11.6 Å². The van der Waals surface area contributed by atoms with Crippen LogP contribution in [0.25, 0.3) is 0 Å². The van der Waals surface area contributed by atoms with E-state index in [1.54, 1.807) is 11.8 Å². The van der Waals surface area contributed by atoms with E-state index in [1.165, 1.54) is 0 Å². The summed E-state index contributed by atoms with van der Waals surface area (Å²) in [4.78, 5) is 19.7. The predicted molar refractivity (Wildman–Crippen MR) is 65.7 cm³/mol. The first kappa shape index (κ1) is 13.0. The van der Waals surface area contributed by atoms with E-state index in [-0.39, 0.29) is 22.7 Å². The Balaban J connectivity index is 2.28. The highest BCUT2D eigenvalue weighted by molar-refractivity contribution is 6.28. The molecule has 0 aromatic carbocycles. The number of aliphatic hydroxyl groups is 1. The van der Waals surface area contributed by atoms with E-state index in [0.29, 0.717) is 13.1 Å². The second kappa shape index (κ2) is 5.03. The summed E-state index contributed by atoms with van der Waals surface area (Å²) in [6.45, 7) is 2.87. The van der Waals surface area contributed by atoms with Gasteiger partial charge in [0.25, 0.3) is 0 Å². The third-order valence-electron chi connectivity index (χ3n) is 3.12. The van der Waals surface area contributed by atoms with Crippen molar-refractivity contribution < 1.29 is 10.0 Å². The Hall–Kier alpha value is -1.47. The van der Waals surface area contributed by atoms with Crippen LogP contribution in [-0.2, 0) is 0 Å². The number of anilines is 1. The van der Waals surface area contributed by atoms with Crippen molar-refractivity contribution in [3.63, 3.8) is 0 Å². The predicted octanol–water partition coefficient (Wildman–Crippen LogP) is 1.25. The summed E-state index contributed by atoms with van der Waals surface area (Å²) in [6, 6.07) is 0. The maximum absolute atomic E-state index is 10.9. The van der Waals surface area contributed by atoms with Crippen molar-refractivity contribution in [3.05, 3.63) is 21.6 Å². The van der Waals surface area contributed by atoms with E-state index < -0.39 is 11.0 Å². The molecule has 1 aromatic heterocycles. The molecule has 98 valence electrons. The van der Waals surface area contributed by atoms with Gasteiger partial charge in [0.05, 0.1) is 11.0 Å². The molecule has 1 aliphatic heterocycles. The van der Waals surface area contributed by atoms with Gasteiger partial charge in [-0.05, 0) is 24.9 Å². The highest BCUT2D eigenvalue weighted by Crippen LogP contribution is 2.31. The molecule has 1 aromatic rings. The van der Waals surface area contributed by atoms with Gasteiger partial charge >= 0.3 is 5.69 Å². The fourth-order valence-electron chi connectivity index (χ4n) is 2.08. The number of rotatable bonds is 3. The van der Waals surface area contributed by atoms with Crippen LogP contribution in [0.5, 0.6) is 0 Å². The molecule has 2 heterocycles. The van der Waals surface area contributed by atoms with Crippen molar-refractivity contribution in [2.24, 2.45) is 5.92 Å². The summed E-state index contributed by atoms with van der Waals surface area (Å²) in [7, 11) is 0. The van der Waals surface area contributed by atoms with Gasteiger partial charge in [-0.2, -0.15) is 4.98 Å². The van der Waals surface area contributed by atoms with Crippen LogP contribution in [0.1, 0.15) is 13.3 Å². The smallest absolute Gasteiger partial charge is 0.329 e. The number of nitro groups is 1. The number of hydrogen-bond acceptors (Lipinski definition) is 6. The lowest BCUT2D eigenvalue weighted by atomic mass is 10.0. The van der Waals surface area contributed by atoms with E-state index in [9.17, 15) is 15.2 Å². The van der Waals surface area contributed by atoms with Gasteiger partial charge in [-0.25, -0.2) is 4.98 Å². The number of aromatic nitrogens is 2. The monoisotopic (exact) mass is 272 g/mol. The van der Waals surface area contributed by atoms with Crippen LogP contribution in [0.15, 0.2) is 6.20 Å². The standard InChI is InChI=1S/C10H13ClN4O3/c1-6(16)7-2-3-14(5-7)9-8(15(17)18)4-12-10(11)13-9/h4,6-7,16H,2-3,5H2,1H3. The number of hydrogen-bond donors (Lipinski definition) is 1. The first-order valence-electron chi connectivity index (χ1n) is 5.59. The van der Waals surface area contributed by atoms with Crippen molar-refractivity contribution in [2.45, 2.75) is 19.4 Å². The second-order valence-electron chi connectivity index (χ2n) is 4.34. The summed E-state index contributed by atoms with van der Waals surface area (Å²) in [6.07, 6.45) is 1.45. The number of aliphatic hydroxyl groups excluding tert-OH is 1. The topological polar surface area (TPSA) is 92.4 Å². The van der Waals surface area contributed by atoms with Gasteiger partial charge in [-0.1, -0.05) is 0 Å². The van der Waals surface area contributed by atoms with Gasteiger partial charge in [0, 0.05) is 19.0 Å². The SMILES string of the molecule is CC(O)C1CCN(c2nc(Cl)ncc2[N+](=O)[O-])C1. The lowest BCUT2D eigenvalue weighted by Crippen LogP contribution is -2.25. The molecule has 1 fully saturated rings. The van der Waals surface area contributed by atoms with Gasteiger partial charge in [-0.3, -0.25) is 10.1 Å². The zero-order valence-corrected chi connectivity index (χ0v) is 10.5. The molecule has 2 rings (SSSR count). The van der Waals surface area contributed by atoms with Crippen LogP contribution in [-0.4, -0.2) is 39.2 Å². The molecule has 8 heteroatoms. The Morgan fingerprint density at radius 3 is 3.00 bits per heavy atom. The van der Waals surface area contributed by atoms with E-state index in [4.69, 9.17) is 11.6 Å². The number of halogens is 1. The summed E-state index contributed by atoms with van der Waals surface area (Å²) in [5.74, 6) is 0.321. The summed E-state index contributed by atoms with van der Waals surface area (Å²) in [5, 5.41) is 20.4. The highest BCUT2D eigenvalue weighted by Gasteiger charge is 2.31. The Morgan fingerprint density at radius 1 is 1.72 bits per heavy atom. The molecule has 2 unspecified atom stereocenters. The molecule has 0 amide bonds. The third-order valence-corrected chi connectivity index (χ3v) is 3.31.